The fourth-order valence-electron chi connectivity index (χ4n) is 2.09. The van der Waals surface area contributed by atoms with Gasteiger partial charge in [-0.15, -0.1) is 0 Å². The number of pyridine rings is 1. The first-order valence-corrected chi connectivity index (χ1v) is 7.67. The van der Waals surface area contributed by atoms with Crippen molar-refractivity contribution in [3.63, 3.8) is 0 Å². The fourth-order valence-corrected chi connectivity index (χ4v) is 3.00. The summed E-state index contributed by atoms with van der Waals surface area (Å²) in [6, 6.07) is 3.51. The van der Waals surface area contributed by atoms with E-state index in [2.05, 4.69) is 15.3 Å². The molecule has 0 aliphatic carbocycles. The summed E-state index contributed by atoms with van der Waals surface area (Å²) in [5.74, 6) is 0.888. The van der Waals surface area contributed by atoms with Gasteiger partial charge in [-0.3, -0.25) is 14.2 Å². The van der Waals surface area contributed by atoms with Crippen molar-refractivity contribution < 1.29 is 9.53 Å². The summed E-state index contributed by atoms with van der Waals surface area (Å²) < 4.78 is 6.51. The van der Waals surface area contributed by atoms with Crippen LogP contribution in [0.2, 0.25) is 0 Å². The predicted octanol–water partition coefficient (Wildman–Crippen LogP) is 0.683. The number of carbonyl (C=O) groups excluding carboxylic acids is 1. The van der Waals surface area contributed by atoms with E-state index in [4.69, 9.17) is 4.74 Å². The lowest BCUT2D eigenvalue weighted by molar-refractivity contribution is 0.0948. The van der Waals surface area contributed by atoms with Gasteiger partial charge in [-0.25, -0.2) is 9.97 Å². The largest absolute Gasteiger partial charge is 0.481 e. The summed E-state index contributed by atoms with van der Waals surface area (Å²) >= 11 is 1.52. The number of ether oxygens (including phenoxy) is 1. The van der Waals surface area contributed by atoms with Crippen LogP contribution in [0.15, 0.2) is 34.5 Å². The van der Waals surface area contributed by atoms with E-state index < -0.39 is 5.91 Å². The molecule has 0 saturated carbocycles. The highest BCUT2D eigenvalue weighted by molar-refractivity contribution is 7.99. The zero-order chi connectivity index (χ0) is 15.5. The van der Waals surface area contributed by atoms with Gasteiger partial charge in [-0.05, 0) is 5.56 Å². The topological polar surface area (TPSA) is 86.1 Å². The molecule has 0 radical (unpaired) electrons. The van der Waals surface area contributed by atoms with E-state index in [-0.39, 0.29) is 17.7 Å². The molecule has 0 aromatic carbocycles. The van der Waals surface area contributed by atoms with Crippen LogP contribution < -0.4 is 15.6 Å². The zero-order valence-electron chi connectivity index (χ0n) is 11.9. The quantitative estimate of drug-likeness (QED) is 0.835. The second-order valence-electron chi connectivity index (χ2n) is 4.65. The number of nitrogens with one attached hydrogen (secondary N) is 1. The molecular formula is C14H14N4O3S. The van der Waals surface area contributed by atoms with Gasteiger partial charge in [-0.1, -0.05) is 17.8 Å². The van der Waals surface area contributed by atoms with Crippen molar-refractivity contribution in [1.82, 2.24) is 19.9 Å². The number of rotatable bonds is 4. The monoisotopic (exact) mass is 318 g/mol. The number of hydrogen-bond donors (Lipinski definition) is 1. The van der Waals surface area contributed by atoms with Crippen molar-refractivity contribution in [3.05, 3.63) is 46.0 Å². The molecule has 8 heteroatoms. The maximum absolute atomic E-state index is 12.2. The summed E-state index contributed by atoms with van der Waals surface area (Å²) in [5.41, 5.74) is 0.590. The minimum absolute atomic E-state index is 0.0627. The van der Waals surface area contributed by atoms with E-state index in [1.54, 1.807) is 18.3 Å². The Morgan fingerprint density at radius 2 is 2.27 bits per heavy atom. The lowest BCUT2D eigenvalue weighted by Gasteiger charge is -2.07. The van der Waals surface area contributed by atoms with Gasteiger partial charge in [-0.2, -0.15) is 0 Å². The Hall–Kier alpha value is -2.35. The van der Waals surface area contributed by atoms with Crippen LogP contribution in [0.3, 0.4) is 0 Å². The third kappa shape index (κ3) is 2.82. The average Bonchev–Trinajstić information content (AvgIpc) is 3.03. The first kappa shape index (κ1) is 14.6. The molecule has 3 heterocycles. The number of amides is 1. The molecule has 22 heavy (non-hydrogen) atoms. The van der Waals surface area contributed by atoms with E-state index in [1.807, 2.05) is 0 Å². The van der Waals surface area contributed by atoms with Crippen molar-refractivity contribution in [2.45, 2.75) is 18.2 Å². The molecule has 3 rings (SSSR count). The highest BCUT2D eigenvalue weighted by Gasteiger charge is 2.19. The van der Waals surface area contributed by atoms with Crippen LogP contribution in [-0.2, 0) is 13.1 Å². The van der Waals surface area contributed by atoms with E-state index in [1.165, 1.54) is 29.6 Å². The maximum atomic E-state index is 12.2. The first-order valence-electron chi connectivity index (χ1n) is 6.69. The van der Waals surface area contributed by atoms with Crippen LogP contribution in [0.1, 0.15) is 15.9 Å². The Labute approximate surface area is 130 Å². The smallest absolute Gasteiger partial charge is 0.267 e. The molecule has 2 aromatic rings. The van der Waals surface area contributed by atoms with Crippen LogP contribution in [0, 0.1) is 0 Å². The number of carbonyl (C=O) groups is 1. The summed E-state index contributed by atoms with van der Waals surface area (Å²) in [6.07, 6.45) is 2.96. The number of hydrogen-bond acceptors (Lipinski definition) is 6. The molecular weight excluding hydrogens is 304 g/mol. The Kier molecular flexibility index (Phi) is 4.10. The van der Waals surface area contributed by atoms with Crippen LogP contribution in [-0.4, -0.2) is 33.3 Å². The van der Waals surface area contributed by atoms with E-state index >= 15 is 0 Å². The van der Waals surface area contributed by atoms with E-state index in [9.17, 15) is 9.59 Å². The highest BCUT2D eigenvalue weighted by atomic mass is 32.2. The van der Waals surface area contributed by atoms with E-state index in [0.29, 0.717) is 17.6 Å². The molecule has 0 fully saturated rings. The van der Waals surface area contributed by atoms with Gasteiger partial charge in [0.15, 0.2) is 5.16 Å². The zero-order valence-corrected chi connectivity index (χ0v) is 12.7. The van der Waals surface area contributed by atoms with Gasteiger partial charge in [0.05, 0.1) is 7.11 Å². The minimum atomic E-state index is -0.430. The third-order valence-electron chi connectivity index (χ3n) is 3.26. The SMILES string of the molecule is COc1ccc(CNC(=O)c2cnc3n(c2=O)CCS3)cn1. The standard InChI is InChI=1S/C14H14N4O3S/c1-21-11-3-2-9(6-15-11)7-16-12(19)10-8-17-14-18(13(10)20)4-5-22-14/h2-3,6,8H,4-5,7H2,1H3,(H,16,19). The molecule has 1 aliphatic rings. The number of aromatic nitrogens is 3. The lowest BCUT2D eigenvalue weighted by atomic mass is 10.2. The molecule has 2 aromatic heterocycles. The Bertz CT molecular complexity index is 758. The van der Waals surface area contributed by atoms with Crippen molar-refractivity contribution in [2.24, 2.45) is 0 Å². The second-order valence-corrected chi connectivity index (χ2v) is 5.71. The van der Waals surface area contributed by atoms with Crippen molar-refractivity contribution >= 4 is 17.7 Å². The van der Waals surface area contributed by atoms with Crippen molar-refractivity contribution in [3.8, 4) is 5.88 Å². The molecule has 0 unspecified atom stereocenters. The van der Waals surface area contributed by atoms with Gasteiger partial charge < -0.3 is 10.1 Å². The second kappa shape index (κ2) is 6.18. The van der Waals surface area contributed by atoms with Crippen LogP contribution in [0.4, 0.5) is 0 Å². The van der Waals surface area contributed by atoms with Gasteiger partial charge >= 0.3 is 0 Å². The van der Waals surface area contributed by atoms with Gasteiger partial charge in [0.1, 0.15) is 5.56 Å². The van der Waals surface area contributed by atoms with Crippen LogP contribution in [0.5, 0.6) is 5.88 Å². The molecule has 1 amide bonds. The van der Waals surface area contributed by atoms with Crippen molar-refractivity contribution in [1.29, 1.82) is 0 Å². The summed E-state index contributed by atoms with van der Waals surface area (Å²) in [7, 11) is 1.54. The van der Waals surface area contributed by atoms with E-state index in [0.717, 1.165) is 11.3 Å². The molecule has 7 nitrogen and oxygen atoms in total. The summed E-state index contributed by atoms with van der Waals surface area (Å²) in [6.45, 7) is 0.876. The third-order valence-corrected chi connectivity index (χ3v) is 4.23. The van der Waals surface area contributed by atoms with Gasteiger partial charge in [0.2, 0.25) is 5.88 Å². The number of thioether (sulfide) groups is 1. The number of methoxy groups -OCH3 is 1. The summed E-state index contributed by atoms with van der Waals surface area (Å²) in [4.78, 5) is 32.6. The molecule has 0 bridgehead atoms. The number of fused-ring (bicyclic) bond motifs is 1. The molecule has 0 spiro atoms. The molecule has 0 atom stereocenters. The normalized spacial score (nSPS) is 12.8. The highest BCUT2D eigenvalue weighted by Crippen LogP contribution is 2.20. The maximum Gasteiger partial charge on any atom is 0.267 e. The summed E-state index contributed by atoms with van der Waals surface area (Å²) in [5, 5.41) is 3.37. The molecule has 114 valence electrons. The Morgan fingerprint density at radius 1 is 1.41 bits per heavy atom. The van der Waals surface area contributed by atoms with Gasteiger partial charge in [0.25, 0.3) is 11.5 Å². The van der Waals surface area contributed by atoms with Crippen LogP contribution >= 0.6 is 11.8 Å². The lowest BCUT2D eigenvalue weighted by Crippen LogP contribution is -2.33. The van der Waals surface area contributed by atoms with Crippen LogP contribution in [0.25, 0.3) is 0 Å². The molecule has 1 aliphatic heterocycles. The molecule has 1 N–H and O–H groups in total. The minimum Gasteiger partial charge on any atom is -0.481 e. The van der Waals surface area contributed by atoms with Gasteiger partial charge in [0, 0.05) is 37.3 Å². The van der Waals surface area contributed by atoms with Crippen molar-refractivity contribution in [2.75, 3.05) is 12.9 Å². The first-order chi connectivity index (χ1) is 10.7. The Balaban J connectivity index is 1.71. The Morgan fingerprint density at radius 3 is 3.00 bits per heavy atom. The number of nitrogens with zero attached hydrogens (tertiary/aromatic N) is 3. The fraction of sp³-hybridized carbons (Fsp3) is 0.286. The average molecular weight is 318 g/mol. The predicted molar refractivity (Wildman–Crippen MR) is 81.2 cm³/mol. The molecule has 0 saturated heterocycles.